The van der Waals surface area contributed by atoms with Gasteiger partial charge in [-0.1, -0.05) is 24.3 Å². The third-order valence-electron chi connectivity index (χ3n) is 6.35. The summed E-state index contributed by atoms with van der Waals surface area (Å²) >= 11 is 0. The van der Waals surface area contributed by atoms with Crippen LogP contribution in [-0.4, -0.2) is 51.9 Å². The Bertz CT molecular complexity index is 1490. The van der Waals surface area contributed by atoms with Crippen LogP contribution >= 0.6 is 0 Å². The Labute approximate surface area is 196 Å². The molecule has 4 heterocycles. The normalized spacial score (nSPS) is 14.4. The Morgan fingerprint density at radius 1 is 0.971 bits per heavy atom. The summed E-state index contributed by atoms with van der Waals surface area (Å²) in [4.78, 5) is 32.4. The molecule has 0 bridgehead atoms. The van der Waals surface area contributed by atoms with Crippen molar-refractivity contribution in [3.05, 3.63) is 84.6 Å². The molecule has 5 aromatic rings. The molecular weight excluding hydrogens is 424 g/mol. The zero-order chi connectivity index (χ0) is 22.9. The van der Waals surface area contributed by atoms with Crippen LogP contribution in [0.15, 0.2) is 73.2 Å². The average molecular weight is 449 g/mol. The molecule has 0 saturated carbocycles. The van der Waals surface area contributed by atoms with Gasteiger partial charge < -0.3 is 15.2 Å². The van der Waals surface area contributed by atoms with Crippen molar-refractivity contribution in [1.29, 1.82) is 0 Å². The quantitative estimate of drug-likeness (QED) is 0.401. The van der Waals surface area contributed by atoms with E-state index in [0.717, 1.165) is 65.7 Å². The fourth-order valence-corrected chi connectivity index (χ4v) is 4.58. The maximum absolute atomic E-state index is 13.3. The van der Waals surface area contributed by atoms with E-state index < -0.39 is 0 Å². The Balaban J connectivity index is 1.33. The van der Waals surface area contributed by atoms with Gasteiger partial charge in [0, 0.05) is 60.4 Å². The summed E-state index contributed by atoms with van der Waals surface area (Å²) in [6.45, 7) is 4.00. The van der Waals surface area contributed by atoms with Gasteiger partial charge in [0.1, 0.15) is 0 Å². The van der Waals surface area contributed by atoms with Crippen LogP contribution < -0.4 is 10.2 Å². The van der Waals surface area contributed by atoms with Crippen LogP contribution in [0.5, 0.6) is 0 Å². The highest BCUT2D eigenvalue weighted by Gasteiger charge is 2.17. The highest BCUT2D eigenvalue weighted by molar-refractivity contribution is 6.09. The summed E-state index contributed by atoms with van der Waals surface area (Å²) in [6.07, 6.45) is 6.40. The van der Waals surface area contributed by atoms with Crippen LogP contribution in [0.25, 0.3) is 33.1 Å². The number of imidazole rings is 1. The molecule has 2 N–H and O–H groups in total. The Morgan fingerprint density at radius 3 is 2.88 bits per heavy atom. The van der Waals surface area contributed by atoms with Crippen molar-refractivity contribution in [3.63, 3.8) is 0 Å². The lowest BCUT2D eigenvalue weighted by Gasteiger charge is -2.22. The standard InChI is InChI=1S/C27H24N6O/c34-26(18-8-10-30-24(14-18)22-17-29-16-19-4-1-2-5-21(19)22)27-31-23-7-6-20(15-25(23)32-27)33-12-3-9-28-11-13-33/h1-2,4-8,10,14-17,28H,3,9,11-13H2,(H,31,32). The number of aromatic amines is 1. The Kier molecular flexibility index (Phi) is 5.24. The van der Waals surface area contributed by atoms with Crippen molar-refractivity contribution >= 4 is 33.3 Å². The van der Waals surface area contributed by atoms with Crippen molar-refractivity contribution in [3.8, 4) is 11.3 Å². The molecule has 2 aromatic carbocycles. The molecule has 0 aliphatic carbocycles. The largest absolute Gasteiger partial charge is 0.370 e. The molecule has 0 unspecified atom stereocenters. The third-order valence-corrected chi connectivity index (χ3v) is 6.35. The van der Waals surface area contributed by atoms with Gasteiger partial charge in [0.25, 0.3) is 0 Å². The number of anilines is 1. The molecule has 1 aliphatic rings. The van der Waals surface area contributed by atoms with Gasteiger partial charge in [0.15, 0.2) is 5.82 Å². The van der Waals surface area contributed by atoms with E-state index >= 15 is 0 Å². The minimum Gasteiger partial charge on any atom is -0.370 e. The number of nitrogens with one attached hydrogen (secondary N) is 2. The predicted octanol–water partition coefficient (Wildman–Crippen LogP) is 4.20. The molecule has 6 rings (SSSR count). The van der Waals surface area contributed by atoms with Crippen LogP contribution in [0.3, 0.4) is 0 Å². The number of carbonyl (C=O) groups excluding carboxylic acids is 1. The lowest BCUT2D eigenvalue weighted by Crippen LogP contribution is -2.27. The van der Waals surface area contributed by atoms with E-state index in [-0.39, 0.29) is 5.78 Å². The molecule has 1 aliphatic heterocycles. The number of hydrogen-bond donors (Lipinski definition) is 2. The zero-order valence-electron chi connectivity index (χ0n) is 18.7. The number of fused-ring (bicyclic) bond motifs is 2. The molecule has 34 heavy (non-hydrogen) atoms. The number of hydrogen-bond acceptors (Lipinski definition) is 6. The first-order valence-electron chi connectivity index (χ1n) is 11.6. The van der Waals surface area contributed by atoms with E-state index in [1.165, 1.54) is 0 Å². The van der Waals surface area contributed by atoms with Gasteiger partial charge in [-0.05, 0) is 48.7 Å². The van der Waals surface area contributed by atoms with Crippen molar-refractivity contribution in [2.24, 2.45) is 0 Å². The minimum absolute atomic E-state index is 0.159. The topological polar surface area (TPSA) is 86.8 Å². The summed E-state index contributed by atoms with van der Waals surface area (Å²) in [5.41, 5.74) is 4.94. The second-order valence-electron chi connectivity index (χ2n) is 8.54. The fourth-order valence-electron chi connectivity index (χ4n) is 4.58. The van der Waals surface area contributed by atoms with Crippen LogP contribution in [0.1, 0.15) is 22.6 Å². The van der Waals surface area contributed by atoms with Crippen LogP contribution in [-0.2, 0) is 0 Å². The fraction of sp³-hybridized carbons (Fsp3) is 0.185. The van der Waals surface area contributed by atoms with Crippen LogP contribution in [0, 0.1) is 0 Å². The summed E-state index contributed by atoms with van der Waals surface area (Å²) in [6, 6.07) is 17.7. The van der Waals surface area contributed by atoms with Crippen molar-refractivity contribution < 1.29 is 4.79 Å². The first kappa shape index (κ1) is 20.5. The van der Waals surface area contributed by atoms with Gasteiger partial charge in [-0.2, -0.15) is 0 Å². The van der Waals surface area contributed by atoms with Crippen molar-refractivity contribution in [2.75, 3.05) is 31.1 Å². The lowest BCUT2D eigenvalue weighted by atomic mass is 10.0. The number of pyridine rings is 2. The molecule has 1 saturated heterocycles. The van der Waals surface area contributed by atoms with E-state index in [1.807, 2.05) is 42.6 Å². The smallest absolute Gasteiger partial charge is 0.228 e. The molecule has 7 heteroatoms. The number of benzene rings is 2. The first-order valence-corrected chi connectivity index (χ1v) is 11.6. The van der Waals surface area contributed by atoms with Gasteiger partial charge in [0.05, 0.1) is 16.7 Å². The molecule has 3 aromatic heterocycles. The molecule has 0 amide bonds. The van der Waals surface area contributed by atoms with Gasteiger partial charge in [0.2, 0.25) is 5.78 Å². The Morgan fingerprint density at radius 2 is 1.91 bits per heavy atom. The number of ketones is 1. The highest BCUT2D eigenvalue weighted by Crippen LogP contribution is 2.27. The van der Waals surface area contributed by atoms with Crippen LogP contribution in [0.4, 0.5) is 5.69 Å². The van der Waals surface area contributed by atoms with E-state index in [2.05, 4.69) is 42.3 Å². The molecule has 168 valence electrons. The monoisotopic (exact) mass is 448 g/mol. The summed E-state index contributed by atoms with van der Waals surface area (Å²) in [7, 11) is 0. The first-order chi connectivity index (χ1) is 16.8. The number of H-pyrrole nitrogens is 1. The van der Waals surface area contributed by atoms with Crippen molar-refractivity contribution in [2.45, 2.75) is 6.42 Å². The number of aromatic nitrogens is 4. The number of rotatable bonds is 4. The maximum Gasteiger partial charge on any atom is 0.228 e. The molecule has 0 radical (unpaired) electrons. The Hall–Kier alpha value is -4.10. The van der Waals surface area contributed by atoms with Gasteiger partial charge >= 0.3 is 0 Å². The SMILES string of the molecule is O=C(c1ccnc(-c2cncc3ccccc23)c1)c1nc2ccc(N3CCCNCC3)cc2[nH]1. The molecule has 0 atom stereocenters. The lowest BCUT2D eigenvalue weighted by molar-refractivity contribution is 0.103. The maximum atomic E-state index is 13.3. The van der Waals surface area contributed by atoms with Gasteiger partial charge in [-0.25, -0.2) is 4.98 Å². The summed E-state index contributed by atoms with van der Waals surface area (Å²) in [5, 5.41) is 5.52. The molecule has 0 spiro atoms. The second kappa shape index (κ2) is 8.68. The van der Waals surface area contributed by atoms with Crippen LogP contribution in [0.2, 0.25) is 0 Å². The van der Waals surface area contributed by atoms with Crippen molar-refractivity contribution in [1.82, 2.24) is 25.3 Å². The summed E-state index contributed by atoms with van der Waals surface area (Å²) < 4.78 is 0. The molecule has 7 nitrogen and oxygen atoms in total. The van der Waals surface area contributed by atoms with E-state index in [4.69, 9.17) is 0 Å². The number of carbonyl (C=O) groups is 1. The third kappa shape index (κ3) is 3.80. The molecule has 1 fully saturated rings. The van der Waals surface area contributed by atoms with E-state index in [0.29, 0.717) is 17.1 Å². The van der Waals surface area contributed by atoms with Gasteiger partial charge in [-0.3, -0.25) is 14.8 Å². The highest BCUT2D eigenvalue weighted by atomic mass is 16.1. The number of nitrogens with zero attached hydrogens (tertiary/aromatic N) is 4. The summed E-state index contributed by atoms with van der Waals surface area (Å²) in [5.74, 6) is 0.173. The van der Waals surface area contributed by atoms with E-state index in [9.17, 15) is 4.79 Å². The average Bonchev–Trinajstić information content (AvgIpc) is 3.13. The minimum atomic E-state index is -0.159. The molecular formula is C27H24N6O. The zero-order valence-corrected chi connectivity index (χ0v) is 18.7. The van der Waals surface area contributed by atoms with Gasteiger partial charge in [-0.15, -0.1) is 0 Å². The van der Waals surface area contributed by atoms with E-state index in [1.54, 1.807) is 18.5 Å². The second-order valence-corrected chi connectivity index (χ2v) is 8.54. The predicted molar refractivity (Wildman–Crippen MR) is 134 cm³/mol.